The van der Waals surface area contributed by atoms with Crippen molar-refractivity contribution in [3.63, 3.8) is 0 Å². The zero-order valence-electron chi connectivity index (χ0n) is 19.3. The molecule has 0 saturated carbocycles. The number of nitrogens with zero attached hydrogens (tertiary/aromatic N) is 1. The molecule has 2 aromatic carbocycles. The fraction of sp³-hybridized carbons (Fsp3) is 0.400. The standard InChI is InChI=1S/C25H28N2O8/c1-32-23(28)22(15-34-13-16-12-33-11-10-27(16)25(30)31)26-24(29)35-14-21-19-8-4-2-6-17(19)18-7-3-5-9-20(18)21/h2-9,16,21-22H,10-15H2,1H3,(H,26,29)(H,30,31)/t16-,22?/m0/s1. The molecule has 10 nitrogen and oxygen atoms in total. The number of rotatable bonds is 8. The number of methoxy groups -OCH3 is 1. The second kappa shape index (κ2) is 11.2. The lowest BCUT2D eigenvalue weighted by Crippen LogP contribution is -2.51. The Hall–Kier alpha value is -3.63. The minimum atomic E-state index is -1.11. The summed E-state index contributed by atoms with van der Waals surface area (Å²) in [6.45, 7) is 0.641. The maximum atomic E-state index is 12.6. The maximum Gasteiger partial charge on any atom is 0.407 e. The van der Waals surface area contributed by atoms with Crippen molar-refractivity contribution in [2.24, 2.45) is 0 Å². The van der Waals surface area contributed by atoms with Gasteiger partial charge in [0.25, 0.3) is 0 Å². The van der Waals surface area contributed by atoms with Crippen molar-refractivity contribution in [1.29, 1.82) is 0 Å². The van der Waals surface area contributed by atoms with Crippen LogP contribution in [0.4, 0.5) is 9.59 Å². The fourth-order valence-corrected chi connectivity index (χ4v) is 4.46. The van der Waals surface area contributed by atoms with Gasteiger partial charge in [0.2, 0.25) is 0 Å². The predicted molar refractivity (Wildman–Crippen MR) is 124 cm³/mol. The summed E-state index contributed by atoms with van der Waals surface area (Å²) < 4.78 is 21.1. The van der Waals surface area contributed by atoms with Crippen LogP contribution in [0.2, 0.25) is 0 Å². The third-order valence-corrected chi connectivity index (χ3v) is 6.19. The SMILES string of the molecule is COC(=O)C(COC[C@@H]1COCCN1C(=O)O)NC(=O)OCC1c2ccccc2-c2ccccc21. The minimum Gasteiger partial charge on any atom is -0.467 e. The first-order chi connectivity index (χ1) is 17.0. The molecule has 0 bridgehead atoms. The van der Waals surface area contributed by atoms with E-state index in [-0.39, 0.29) is 38.9 Å². The Bertz CT molecular complexity index is 1030. The van der Waals surface area contributed by atoms with Gasteiger partial charge in [0.1, 0.15) is 6.61 Å². The molecule has 2 atom stereocenters. The van der Waals surface area contributed by atoms with E-state index in [9.17, 15) is 19.5 Å². The van der Waals surface area contributed by atoms with Crippen LogP contribution in [-0.4, -0.2) is 86.9 Å². The van der Waals surface area contributed by atoms with E-state index in [1.54, 1.807) is 0 Å². The zero-order valence-corrected chi connectivity index (χ0v) is 19.3. The molecule has 0 spiro atoms. The van der Waals surface area contributed by atoms with Crippen molar-refractivity contribution in [3.8, 4) is 11.1 Å². The van der Waals surface area contributed by atoms with Crippen LogP contribution in [-0.2, 0) is 23.7 Å². The number of esters is 1. The van der Waals surface area contributed by atoms with Gasteiger partial charge in [-0.3, -0.25) is 4.90 Å². The van der Waals surface area contributed by atoms with Crippen LogP contribution in [0.1, 0.15) is 17.0 Å². The molecule has 1 heterocycles. The van der Waals surface area contributed by atoms with E-state index >= 15 is 0 Å². The first kappa shape index (κ1) is 24.5. The molecule has 1 aliphatic carbocycles. The van der Waals surface area contributed by atoms with Crippen molar-refractivity contribution in [2.75, 3.05) is 46.7 Å². The number of carboxylic acid groups (broad SMARTS) is 1. The number of alkyl carbamates (subject to hydrolysis) is 1. The monoisotopic (exact) mass is 484 g/mol. The molecule has 1 fully saturated rings. The molecule has 2 aliphatic rings. The largest absolute Gasteiger partial charge is 0.467 e. The number of fused-ring (bicyclic) bond motifs is 3. The van der Waals surface area contributed by atoms with E-state index in [1.165, 1.54) is 12.0 Å². The lowest BCUT2D eigenvalue weighted by atomic mass is 9.98. The molecule has 4 rings (SSSR count). The Balaban J connectivity index is 1.33. The van der Waals surface area contributed by atoms with E-state index in [0.717, 1.165) is 22.3 Å². The van der Waals surface area contributed by atoms with E-state index < -0.39 is 30.2 Å². The van der Waals surface area contributed by atoms with E-state index in [1.807, 2.05) is 48.5 Å². The Kier molecular flexibility index (Phi) is 7.84. The van der Waals surface area contributed by atoms with Crippen molar-refractivity contribution in [2.45, 2.75) is 18.0 Å². The number of morpholine rings is 1. The second-order valence-electron chi connectivity index (χ2n) is 8.29. The maximum absolute atomic E-state index is 12.6. The lowest BCUT2D eigenvalue weighted by molar-refractivity contribution is -0.145. The highest BCUT2D eigenvalue weighted by molar-refractivity contribution is 5.82. The number of benzene rings is 2. The predicted octanol–water partition coefficient (Wildman–Crippen LogP) is 2.46. The highest BCUT2D eigenvalue weighted by Crippen LogP contribution is 2.44. The van der Waals surface area contributed by atoms with Gasteiger partial charge in [-0.25, -0.2) is 14.4 Å². The quantitative estimate of drug-likeness (QED) is 0.548. The van der Waals surface area contributed by atoms with Crippen LogP contribution < -0.4 is 5.32 Å². The molecule has 0 radical (unpaired) electrons. The molecule has 35 heavy (non-hydrogen) atoms. The Labute approximate surface area is 202 Å². The summed E-state index contributed by atoms with van der Waals surface area (Å²) in [5.74, 6) is -0.817. The van der Waals surface area contributed by atoms with Crippen LogP contribution in [0.25, 0.3) is 11.1 Å². The minimum absolute atomic E-state index is 0.00612. The van der Waals surface area contributed by atoms with Gasteiger partial charge >= 0.3 is 18.2 Å². The number of hydrogen-bond donors (Lipinski definition) is 2. The third-order valence-electron chi connectivity index (χ3n) is 6.19. The molecule has 2 aromatic rings. The summed E-state index contributed by atoms with van der Waals surface area (Å²) >= 11 is 0. The molecular formula is C25H28N2O8. The van der Waals surface area contributed by atoms with Crippen molar-refractivity contribution in [1.82, 2.24) is 10.2 Å². The Morgan fingerprint density at radius 1 is 1.09 bits per heavy atom. The van der Waals surface area contributed by atoms with Gasteiger partial charge in [-0.2, -0.15) is 0 Å². The smallest absolute Gasteiger partial charge is 0.407 e. The van der Waals surface area contributed by atoms with Gasteiger partial charge in [0, 0.05) is 12.5 Å². The van der Waals surface area contributed by atoms with Crippen LogP contribution in [0.3, 0.4) is 0 Å². The molecule has 10 heteroatoms. The summed E-state index contributed by atoms with van der Waals surface area (Å²) in [6.07, 6.45) is -1.85. The van der Waals surface area contributed by atoms with Crippen LogP contribution in [0.5, 0.6) is 0 Å². The molecular weight excluding hydrogens is 456 g/mol. The van der Waals surface area contributed by atoms with E-state index in [2.05, 4.69) is 5.32 Å². The summed E-state index contributed by atoms with van der Waals surface area (Å²) in [5.41, 5.74) is 4.37. The first-order valence-electron chi connectivity index (χ1n) is 11.3. The van der Waals surface area contributed by atoms with Gasteiger partial charge in [0.15, 0.2) is 6.04 Å². The van der Waals surface area contributed by atoms with Gasteiger partial charge in [0.05, 0.1) is 39.6 Å². The number of carbonyl (C=O) groups is 3. The number of amides is 2. The normalized spacial score (nSPS) is 17.7. The van der Waals surface area contributed by atoms with Gasteiger partial charge < -0.3 is 29.4 Å². The fourth-order valence-electron chi connectivity index (χ4n) is 4.46. The highest BCUT2D eigenvalue weighted by atomic mass is 16.6. The molecule has 186 valence electrons. The van der Waals surface area contributed by atoms with E-state index in [4.69, 9.17) is 18.9 Å². The topological polar surface area (TPSA) is 124 Å². The van der Waals surface area contributed by atoms with Crippen molar-refractivity contribution in [3.05, 3.63) is 59.7 Å². The summed E-state index contributed by atoms with van der Waals surface area (Å²) in [4.78, 5) is 37.3. The summed E-state index contributed by atoms with van der Waals surface area (Å²) in [6, 6.07) is 14.3. The van der Waals surface area contributed by atoms with E-state index in [0.29, 0.717) is 6.61 Å². The third kappa shape index (κ3) is 5.55. The summed E-state index contributed by atoms with van der Waals surface area (Å²) in [5, 5.41) is 11.8. The Morgan fingerprint density at radius 2 is 1.74 bits per heavy atom. The Morgan fingerprint density at radius 3 is 2.37 bits per heavy atom. The first-order valence-corrected chi connectivity index (χ1v) is 11.3. The molecule has 1 aliphatic heterocycles. The molecule has 2 N–H and O–H groups in total. The van der Waals surface area contributed by atoms with Gasteiger partial charge in [-0.15, -0.1) is 0 Å². The van der Waals surface area contributed by atoms with Crippen molar-refractivity contribution >= 4 is 18.2 Å². The average molecular weight is 485 g/mol. The molecule has 2 amide bonds. The molecule has 0 aromatic heterocycles. The number of carbonyl (C=O) groups excluding carboxylic acids is 2. The average Bonchev–Trinajstić information content (AvgIpc) is 3.20. The number of ether oxygens (including phenoxy) is 4. The van der Waals surface area contributed by atoms with Gasteiger partial charge in [-0.05, 0) is 22.3 Å². The van der Waals surface area contributed by atoms with Crippen LogP contribution in [0, 0.1) is 0 Å². The highest BCUT2D eigenvalue weighted by Gasteiger charge is 2.31. The zero-order chi connectivity index (χ0) is 24.8. The molecule has 1 saturated heterocycles. The number of hydrogen-bond acceptors (Lipinski definition) is 7. The van der Waals surface area contributed by atoms with Crippen LogP contribution in [0.15, 0.2) is 48.5 Å². The second-order valence-corrected chi connectivity index (χ2v) is 8.29. The van der Waals surface area contributed by atoms with Gasteiger partial charge in [-0.1, -0.05) is 48.5 Å². The van der Waals surface area contributed by atoms with Crippen LogP contribution >= 0.6 is 0 Å². The van der Waals surface area contributed by atoms with Crippen molar-refractivity contribution < 1.29 is 38.4 Å². The lowest BCUT2D eigenvalue weighted by Gasteiger charge is -2.33. The number of nitrogens with one attached hydrogen (secondary N) is 1. The summed E-state index contributed by atoms with van der Waals surface area (Å²) in [7, 11) is 1.20. The molecule has 1 unspecified atom stereocenters.